The molecule has 0 saturated heterocycles. The third-order valence-corrected chi connectivity index (χ3v) is 6.60. The second-order valence-electron chi connectivity index (χ2n) is 9.12. The van der Waals surface area contributed by atoms with Gasteiger partial charge < -0.3 is 15.3 Å². The van der Waals surface area contributed by atoms with Gasteiger partial charge in [-0.3, -0.25) is 4.79 Å². The van der Waals surface area contributed by atoms with Gasteiger partial charge in [0.15, 0.2) is 0 Å². The number of fused-ring (bicyclic) bond motifs is 1. The average molecular weight is 409 g/mol. The van der Waals surface area contributed by atoms with E-state index in [1.54, 1.807) is 0 Å². The van der Waals surface area contributed by atoms with E-state index in [0.29, 0.717) is 18.2 Å². The minimum atomic E-state index is -0.183. The Bertz CT molecular complexity index is 906. The van der Waals surface area contributed by atoms with Crippen molar-refractivity contribution in [2.75, 3.05) is 24.6 Å². The molecule has 1 saturated carbocycles. The van der Waals surface area contributed by atoms with Crippen LogP contribution in [0.1, 0.15) is 72.8 Å². The molecule has 1 aromatic heterocycles. The second kappa shape index (κ2) is 8.72. The molecular formula is C24H32N4O2. The van der Waals surface area contributed by atoms with Crippen LogP contribution in [0.4, 0.5) is 5.95 Å². The van der Waals surface area contributed by atoms with Crippen LogP contribution >= 0.6 is 0 Å². The second-order valence-corrected chi connectivity index (χ2v) is 9.12. The number of rotatable bonds is 6. The van der Waals surface area contributed by atoms with Crippen molar-refractivity contribution in [3.8, 4) is 0 Å². The van der Waals surface area contributed by atoms with E-state index >= 15 is 0 Å². The number of aliphatic hydroxyl groups is 1. The van der Waals surface area contributed by atoms with Crippen LogP contribution in [0.15, 0.2) is 30.3 Å². The molecule has 0 radical (unpaired) electrons. The van der Waals surface area contributed by atoms with E-state index in [0.717, 1.165) is 50.9 Å². The van der Waals surface area contributed by atoms with E-state index in [1.165, 1.54) is 11.1 Å². The van der Waals surface area contributed by atoms with Crippen LogP contribution < -0.4 is 10.2 Å². The minimum absolute atomic E-state index is 0.118. The molecule has 6 heteroatoms. The van der Waals surface area contributed by atoms with E-state index in [1.807, 2.05) is 6.07 Å². The number of aromatic nitrogens is 2. The van der Waals surface area contributed by atoms with Crippen LogP contribution in [-0.2, 0) is 13.0 Å². The lowest BCUT2D eigenvalue weighted by molar-refractivity contribution is 0.0875. The smallest absolute Gasteiger partial charge is 0.270 e. The third-order valence-electron chi connectivity index (χ3n) is 6.60. The molecule has 4 rings (SSSR count). The Morgan fingerprint density at radius 3 is 2.63 bits per heavy atom. The van der Waals surface area contributed by atoms with E-state index in [2.05, 4.69) is 53.3 Å². The molecular weight excluding hydrogens is 376 g/mol. The summed E-state index contributed by atoms with van der Waals surface area (Å²) in [6.07, 6.45) is 5.10. The Balaban J connectivity index is 1.55. The van der Waals surface area contributed by atoms with Gasteiger partial charge in [0.05, 0.1) is 6.61 Å². The molecule has 2 N–H and O–H groups in total. The molecule has 2 aliphatic rings. The average Bonchev–Trinajstić information content (AvgIpc) is 3.26. The highest BCUT2D eigenvalue weighted by atomic mass is 16.3. The monoisotopic (exact) mass is 408 g/mol. The van der Waals surface area contributed by atoms with Gasteiger partial charge in [0.25, 0.3) is 5.91 Å². The first-order chi connectivity index (χ1) is 14.5. The molecule has 0 spiro atoms. The summed E-state index contributed by atoms with van der Waals surface area (Å²) in [6, 6.07) is 10.3. The molecule has 2 heterocycles. The van der Waals surface area contributed by atoms with Gasteiger partial charge in [0.1, 0.15) is 5.69 Å². The maximum atomic E-state index is 13.0. The Kier molecular flexibility index (Phi) is 6.04. The molecule has 1 fully saturated rings. The van der Waals surface area contributed by atoms with Crippen LogP contribution in [0.3, 0.4) is 0 Å². The first kappa shape index (κ1) is 20.8. The molecule has 1 aromatic carbocycles. The number of amides is 1. The Labute approximate surface area is 178 Å². The summed E-state index contributed by atoms with van der Waals surface area (Å²) in [6.45, 7) is 6.37. The quantitative estimate of drug-likeness (QED) is 0.765. The zero-order chi connectivity index (χ0) is 21.1. The van der Waals surface area contributed by atoms with Crippen LogP contribution in [0.25, 0.3) is 0 Å². The number of anilines is 1. The normalized spacial score (nSPS) is 17.8. The maximum Gasteiger partial charge on any atom is 0.270 e. The molecule has 160 valence electrons. The van der Waals surface area contributed by atoms with E-state index in [9.17, 15) is 9.90 Å². The molecule has 0 unspecified atom stereocenters. The van der Waals surface area contributed by atoms with Gasteiger partial charge in [-0.1, -0.05) is 51.0 Å². The lowest BCUT2D eigenvalue weighted by Gasteiger charge is -2.29. The number of nitrogens with zero attached hydrogens (tertiary/aromatic N) is 3. The molecule has 30 heavy (non-hydrogen) atoms. The van der Waals surface area contributed by atoms with Crippen molar-refractivity contribution in [3.05, 3.63) is 52.8 Å². The molecule has 1 aliphatic carbocycles. The lowest BCUT2D eigenvalue weighted by Crippen LogP contribution is -2.39. The lowest BCUT2D eigenvalue weighted by atomic mass is 9.87. The summed E-state index contributed by atoms with van der Waals surface area (Å²) in [5.74, 6) is 0.644. The molecule has 0 bridgehead atoms. The Morgan fingerprint density at radius 1 is 1.20 bits per heavy atom. The topological polar surface area (TPSA) is 78.3 Å². The Hall–Kier alpha value is -2.47. The highest BCUT2D eigenvalue weighted by Gasteiger charge is 2.33. The van der Waals surface area contributed by atoms with E-state index in [4.69, 9.17) is 4.98 Å². The molecule has 1 amide bonds. The van der Waals surface area contributed by atoms with Gasteiger partial charge in [-0.15, -0.1) is 0 Å². The van der Waals surface area contributed by atoms with Crippen molar-refractivity contribution >= 4 is 11.9 Å². The minimum Gasteiger partial charge on any atom is -0.396 e. The molecule has 1 aliphatic heterocycles. The summed E-state index contributed by atoms with van der Waals surface area (Å²) < 4.78 is 0. The largest absolute Gasteiger partial charge is 0.396 e. The van der Waals surface area contributed by atoms with Gasteiger partial charge in [-0.05, 0) is 42.4 Å². The predicted octanol–water partition coefficient (Wildman–Crippen LogP) is 3.45. The number of hydrogen-bond donors (Lipinski definition) is 2. The zero-order valence-corrected chi connectivity index (χ0v) is 18.0. The number of benzene rings is 1. The van der Waals surface area contributed by atoms with Gasteiger partial charge in [-0.2, -0.15) is 0 Å². The van der Waals surface area contributed by atoms with Crippen molar-refractivity contribution in [1.29, 1.82) is 0 Å². The highest BCUT2D eigenvalue weighted by Crippen LogP contribution is 2.37. The van der Waals surface area contributed by atoms with E-state index in [-0.39, 0.29) is 23.8 Å². The van der Waals surface area contributed by atoms with E-state index < -0.39 is 0 Å². The standard InChI is InChI=1S/C24H32N4O2/c1-17(2)20-13-21(22(30)25-15-24(16-29)10-5-6-11-24)27-23(26-20)28-12-9-18-7-3-4-8-19(18)14-28/h3-4,7-8,13,17,29H,5-6,9-12,14-16H2,1-2H3,(H,25,30). The fourth-order valence-corrected chi connectivity index (χ4v) is 4.55. The number of aliphatic hydroxyl groups excluding tert-OH is 1. The fraction of sp³-hybridized carbons (Fsp3) is 0.542. The number of hydrogen-bond acceptors (Lipinski definition) is 5. The number of nitrogens with one attached hydrogen (secondary N) is 1. The Morgan fingerprint density at radius 2 is 1.93 bits per heavy atom. The first-order valence-corrected chi connectivity index (χ1v) is 11.1. The summed E-state index contributed by atoms with van der Waals surface area (Å²) >= 11 is 0. The van der Waals surface area contributed by atoms with Crippen molar-refractivity contribution in [2.24, 2.45) is 5.41 Å². The summed E-state index contributed by atoms with van der Waals surface area (Å²) in [4.78, 5) is 24.6. The van der Waals surface area contributed by atoms with Gasteiger partial charge >= 0.3 is 0 Å². The molecule has 2 aromatic rings. The molecule has 6 nitrogen and oxygen atoms in total. The van der Waals surface area contributed by atoms with Crippen molar-refractivity contribution in [3.63, 3.8) is 0 Å². The fourth-order valence-electron chi connectivity index (χ4n) is 4.55. The first-order valence-electron chi connectivity index (χ1n) is 11.1. The summed E-state index contributed by atoms with van der Waals surface area (Å²) in [5, 5.41) is 12.9. The van der Waals surface area contributed by atoms with Gasteiger partial charge in [0.2, 0.25) is 5.95 Å². The predicted molar refractivity (Wildman–Crippen MR) is 118 cm³/mol. The van der Waals surface area contributed by atoms with Crippen molar-refractivity contribution in [2.45, 2.75) is 58.4 Å². The van der Waals surface area contributed by atoms with Crippen LogP contribution in [0.2, 0.25) is 0 Å². The van der Waals surface area contributed by atoms with Crippen molar-refractivity contribution in [1.82, 2.24) is 15.3 Å². The maximum absolute atomic E-state index is 13.0. The summed E-state index contributed by atoms with van der Waals surface area (Å²) in [5.41, 5.74) is 3.77. The van der Waals surface area contributed by atoms with Crippen LogP contribution in [0, 0.1) is 5.41 Å². The SMILES string of the molecule is CC(C)c1cc(C(=O)NCC2(CO)CCCC2)nc(N2CCc3ccccc3C2)n1. The zero-order valence-electron chi connectivity index (χ0n) is 18.0. The number of carbonyl (C=O) groups excluding carboxylic acids is 1. The number of carbonyl (C=O) groups is 1. The third kappa shape index (κ3) is 4.33. The molecule has 0 atom stereocenters. The van der Waals surface area contributed by atoms with Gasteiger partial charge in [-0.25, -0.2) is 9.97 Å². The summed E-state index contributed by atoms with van der Waals surface area (Å²) in [7, 11) is 0. The van der Waals surface area contributed by atoms with Crippen LogP contribution in [-0.4, -0.2) is 40.7 Å². The highest BCUT2D eigenvalue weighted by molar-refractivity contribution is 5.92. The van der Waals surface area contributed by atoms with Gasteiger partial charge in [0, 0.05) is 30.7 Å². The van der Waals surface area contributed by atoms with Crippen LogP contribution in [0.5, 0.6) is 0 Å². The van der Waals surface area contributed by atoms with Crippen molar-refractivity contribution < 1.29 is 9.90 Å².